The van der Waals surface area contributed by atoms with Crippen molar-refractivity contribution in [2.24, 2.45) is 10.9 Å². The molecule has 0 radical (unpaired) electrons. The number of carbonyl (C=O) groups excluding carboxylic acids is 1. The molecule has 0 atom stereocenters. The first-order valence-electron chi connectivity index (χ1n) is 12.1. The van der Waals surface area contributed by atoms with E-state index in [9.17, 15) is 13.2 Å². The quantitative estimate of drug-likeness (QED) is 0.434. The van der Waals surface area contributed by atoms with Crippen molar-refractivity contribution in [2.45, 2.75) is 52.0 Å². The third-order valence-corrected chi connectivity index (χ3v) is 9.39. The van der Waals surface area contributed by atoms with Gasteiger partial charge in [0.1, 0.15) is 0 Å². The van der Waals surface area contributed by atoms with Crippen molar-refractivity contribution in [1.29, 1.82) is 0 Å². The van der Waals surface area contributed by atoms with Gasteiger partial charge in [-0.25, -0.2) is 8.42 Å². The summed E-state index contributed by atoms with van der Waals surface area (Å²) in [5, 5.41) is 0. The average Bonchev–Trinajstić information content (AvgIpc) is 3.16. The van der Waals surface area contributed by atoms with Gasteiger partial charge < -0.3 is 9.30 Å². The van der Waals surface area contributed by atoms with Gasteiger partial charge in [0.05, 0.1) is 21.7 Å². The number of carbonyl (C=O) groups is 1. The van der Waals surface area contributed by atoms with Crippen LogP contribution in [0.1, 0.15) is 48.2 Å². The first-order chi connectivity index (χ1) is 16.7. The summed E-state index contributed by atoms with van der Waals surface area (Å²) in [5.41, 5.74) is 3.71. The van der Waals surface area contributed by atoms with Crippen LogP contribution < -0.4 is 4.80 Å². The maximum absolute atomic E-state index is 13.1. The molecule has 1 amide bonds. The SMILES string of the molecule is CCOCCn1c(=NC(=O)c2ccc(S(=O)(=O)N3CCC(C)CC3)cc2)sc2cc(C)cc(C)c21. The lowest BCUT2D eigenvalue weighted by molar-refractivity contribution is 0.0996. The van der Waals surface area contributed by atoms with Crippen molar-refractivity contribution in [3.63, 3.8) is 0 Å². The predicted molar refractivity (Wildman–Crippen MR) is 139 cm³/mol. The fourth-order valence-corrected chi connectivity index (χ4v) is 7.18. The first-order valence-corrected chi connectivity index (χ1v) is 14.3. The lowest BCUT2D eigenvalue weighted by atomic mass is 10.0. The Bertz CT molecular complexity index is 1380. The van der Waals surface area contributed by atoms with Crippen LogP contribution in [0.2, 0.25) is 0 Å². The van der Waals surface area contributed by atoms with Crippen LogP contribution in [-0.4, -0.2) is 49.5 Å². The summed E-state index contributed by atoms with van der Waals surface area (Å²) in [7, 11) is -3.56. The summed E-state index contributed by atoms with van der Waals surface area (Å²) < 4.78 is 36.2. The predicted octanol–water partition coefficient (Wildman–Crippen LogP) is 4.52. The van der Waals surface area contributed by atoms with Gasteiger partial charge in [0.25, 0.3) is 5.91 Å². The largest absolute Gasteiger partial charge is 0.380 e. The minimum Gasteiger partial charge on any atom is -0.380 e. The van der Waals surface area contributed by atoms with Gasteiger partial charge in [0.2, 0.25) is 10.0 Å². The number of aryl methyl sites for hydroxylation is 2. The number of nitrogens with zero attached hydrogens (tertiary/aromatic N) is 3. The van der Waals surface area contributed by atoms with E-state index in [1.807, 2.05) is 11.5 Å². The first kappa shape index (κ1) is 25.8. The van der Waals surface area contributed by atoms with E-state index < -0.39 is 15.9 Å². The van der Waals surface area contributed by atoms with E-state index in [-0.39, 0.29) is 4.90 Å². The van der Waals surface area contributed by atoms with E-state index in [1.165, 1.54) is 27.8 Å². The molecule has 3 aromatic rings. The van der Waals surface area contributed by atoms with Crippen LogP contribution in [0.4, 0.5) is 0 Å². The van der Waals surface area contributed by atoms with Crippen LogP contribution in [0.15, 0.2) is 46.3 Å². The summed E-state index contributed by atoms with van der Waals surface area (Å²) in [5.74, 6) is 0.146. The molecule has 35 heavy (non-hydrogen) atoms. The Kier molecular flexibility index (Phi) is 7.90. The number of amides is 1. The lowest BCUT2D eigenvalue weighted by Crippen LogP contribution is -2.37. The average molecular weight is 516 g/mol. The Morgan fingerprint density at radius 2 is 1.83 bits per heavy atom. The molecule has 2 heterocycles. The molecule has 188 valence electrons. The minimum atomic E-state index is -3.56. The molecule has 0 aliphatic carbocycles. The molecular weight excluding hydrogens is 482 g/mol. The second-order valence-electron chi connectivity index (χ2n) is 9.19. The van der Waals surface area contributed by atoms with E-state index in [0.29, 0.717) is 49.1 Å². The number of sulfonamides is 1. The van der Waals surface area contributed by atoms with Crippen molar-refractivity contribution < 1.29 is 17.9 Å². The normalized spacial score (nSPS) is 16.3. The number of benzene rings is 2. The van der Waals surface area contributed by atoms with Gasteiger partial charge in [-0.3, -0.25) is 4.79 Å². The molecule has 0 unspecified atom stereocenters. The van der Waals surface area contributed by atoms with E-state index in [1.54, 1.807) is 12.1 Å². The molecule has 1 aromatic heterocycles. The van der Waals surface area contributed by atoms with Crippen molar-refractivity contribution >= 4 is 37.5 Å². The van der Waals surface area contributed by atoms with Crippen molar-refractivity contribution in [3.8, 4) is 0 Å². The molecule has 0 spiro atoms. The molecule has 2 aromatic carbocycles. The molecule has 0 saturated carbocycles. The zero-order valence-electron chi connectivity index (χ0n) is 20.8. The van der Waals surface area contributed by atoms with E-state index >= 15 is 0 Å². The Morgan fingerprint density at radius 1 is 1.14 bits per heavy atom. The van der Waals surface area contributed by atoms with Gasteiger partial charge in [0.15, 0.2) is 4.80 Å². The molecule has 1 aliphatic rings. The Hall–Kier alpha value is -2.33. The number of aromatic nitrogens is 1. The maximum Gasteiger partial charge on any atom is 0.279 e. The van der Waals surface area contributed by atoms with Crippen LogP contribution in [0, 0.1) is 19.8 Å². The smallest absolute Gasteiger partial charge is 0.279 e. The molecule has 4 rings (SSSR count). The fourth-order valence-electron chi connectivity index (χ4n) is 4.48. The molecule has 9 heteroatoms. The Labute approximate surface area is 211 Å². The van der Waals surface area contributed by atoms with Crippen molar-refractivity contribution in [1.82, 2.24) is 8.87 Å². The fraction of sp³-hybridized carbons (Fsp3) is 0.462. The number of piperidine rings is 1. The highest BCUT2D eigenvalue weighted by Crippen LogP contribution is 2.25. The number of thiazole rings is 1. The van der Waals surface area contributed by atoms with Crippen LogP contribution in [0.25, 0.3) is 10.2 Å². The second-order valence-corrected chi connectivity index (χ2v) is 12.1. The van der Waals surface area contributed by atoms with Gasteiger partial charge in [-0.1, -0.05) is 24.3 Å². The summed E-state index contributed by atoms with van der Waals surface area (Å²) in [6.07, 6.45) is 1.73. The highest BCUT2D eigenvalue weighted by Gasteiger charge is 2.28. The van der Waals surface area contributed by atoms with Crippen molar-refractivity contribution in [3.05, 3.63) is 57.9 Å². The Balaban J connectivity index is 1.64. The van der Waals surface area contributed by atoms with Crippen molar-refractivity contribution in [2.75, 3.05) is 26.3 Å². The van der Waals surface area contributed by atoms with Gasteiger partial charge in [-0.05, 0) is 81.0 Å². The van der Waals surface area contributed by atoms with Crippen LogP contribution >= 0.6 is 11.3 Å². The zero-order valence-corrected chi connectivity index (χ0v) is 22.4. The van der Waals surface area contributed by atoms with E-state index in [2.05, 4.69) is 37.9 Å². The molecule has 1 saturated heterocycles. The Morgan fingerprint density at radius 3 is 2.49 bits per heavy atom. The number of rotatable bonds is 7. The molecular formula is C26H33N3O4S2. The molecule has 1 fully saturated rings. The highest BCUT2D eigenvalue weighted by molar-refractivity contribution is 7.89. The summed E-state index contributed by atoms with van der Waals surface area (Å²) in [6.45, 7) is 11.0. The zero-order chi connectivity index (χ0) is 25.2. The number of fused-ring (bicyclic) bond motifs is 1. The molecule has 0 bridgehead atoms. The summed E-state index contributed by atoms with van der Waals surface area (Å²) >= 11 is 1.48. The van der Waals surface area contributed by atoms with E-state index in [4.69, 9.17) is 4.74 Å². The van der Waals surface area contributed by atoms with Crippen LogP contribution in [-0.2, 0) is 21.3 Å². The molecule has 1 aliphatic heterocycles. The molecule has 0 N–H and O–H groups in total. The lowest BCUT2D eigenvalue weighted by Gasteiger charge is -2.29. The maximum atomic E-state index is 13.1. The third-order valence-electron chi connectivity index (χ3n) is 6.45. The number of ether oxygens (including phenoxy) is 1. The highest BCUT2D eigenvalue weighted by atomic mass is 32.2. The van der Waals surface area contributed by atoms with Gasteiger partial charge in [0, 0.05) is 31.8 Å². The minimum absolute atomic E-state index is 0.211. The summed E-state index contributed by atoms with van der Waals surface area (Å²) in [4.78, 5) is 18.3. The number of hydrogen-bond acceptors (Lipinski definition) is 5. The van der Waals surface area contributed by atoms with Gasteiger partial charge >= 0.3 is 0 Å². The van der Waals surface area contributed by atoms with Crippen LogP contribution in [0.5, 0.6) is 0 Å². The standard InChI is InChI=1S/C26H33N3O4S2/c1-5-33-15-14-29-24-20(4)16-19(3)17-23(24)34-26(29)27-25(30)21-6-8-22(9-7-21)35(31,32)28-12-10-18(2)11-13-28/h6-9,16-18H,5,10-15H2,1-4H3. The van der Waals surface area contributed by atoms with Crippen LogP contribution in [0.3, 0.4) is 0 Å². The second kappa shape index (κ2) is 10.7. The number of hydrogen-bond donors (Lipinski definition) is 0. The van der Waals surface area contributed by atoms with Gasteiger partial charge in [-0.15, -0.1) is 0 Å². The summed E-state index contributed by atoms with van der Waals surface area (Å²) in [6, 6.07) is 10.4. The van der Waals surface area contributed by atoms with E-state index in [0.717, 1.165) is 34.2 Å². The topological polar surface area (TPSA) is 81.0 Å². The monoisotopic (exact) mass is 515 g/mol. The molecule has 7 nitrogen and oxygen atoms in total. The third kappa shape index (κ3) is 5.58. The van der Waals surface area contributed by atoms with Gasteiger partial charge in [-0.2, -0.15) is 9.30 Å².